The van der Waals surface area contributed by atoms with Gasteiger partial charge in [-0.25, -0.2) is 4.79 Å². The molecule has 0 unspecified atom stereocenters. The first-order valence-corrected chi connectivity index (χ1v) is 9.77. The zero-order valence-corrected chi connectivity index (χ0v) is 17.1. The molecule has 0 amide bonds. The number of hydrogen-bond donors (Lipinski definition) is 2. The second-order valence-electron chi connectivity index (χ2n) is 6.70. The van der Waals surface area contributed by atoms with E-state index < -0.39 is 5.97 Å². The monoisotopic (exact) mass is 408 g/mol. The molecule has 4 heteroatoms. The summed E-state index contributed by atoms with van der Waals surface area (Å²) in [4.78, 5) is 11.1. The van der Waals surface area contributed by atoms with Crippen molar-refractivity contribution in [3.63, 3.8) is 0 Å². The van der Waals surface area contributed by atoms with Gasteiger partial charge in [0.05, 0.1) is 11.4 Å². The van der Waals surface area contributed by atoms with E-state index in [1.165, 1.54) is 0 Å². The summed E-state index contributed by atoms with van der Waals surface area (Å²) in [5.74, 6) is 0.129. The van der Waals surface area contributed by atoms with Gasteiger partial charge in [0.1, 0.15) is 5.75 Å². The minimum Gasteiger partial charge on any atom is -0.423 e. The maximum absolute atomic E-state index is 11.1. The van der Waals surface area contributed by atoms with Gasteiger partial charge in [-0.2, -0.15) is 0 Å². The summed E-state index contributed by atoms with van der Waals surface area (Å²) in [6.45, 7) is 3.36. The number of fused-ring (bicyclic) bond motifs is 1. The Hall–Kier alpha value is -4.31. The maximum atomic E-state index is 11.1. The molecule has 0 aliphatic rings. The van der Waals surface area contributed by atoms with Gasteiger partial charge in [-0.05, 0) is 28.6 Å². The SMILES string of the molecule is C=CC(=O)Oc1cccc2ccccc12.Nc1cccc(C=Cc2ccccc2)c1N. The van der Waals surface area contributed by atoms with Crippen molar-refractivity contribution < 1.29 is 9.53 Å². The van der Waals surface area contributed by atoms with Crippen molar-refractivity contribution in [3.8, 4) is 5.75 Å². The van der Waals surface area contributed by atoms with Crippen LogP contribution in [-0.2, 0) is 4.79 Å². The van der Waals surface area contributed by atoms with E-state index in [1.807, 2.05) is 91.0 Å². The van der Waals surface area contributed by atoms with Crippen LogP contribution < -0.4 is 16.2 Å². The predicted octanol–water partition coefficient (Wildman–Crippen LogP) is 5.95. The Morgan fingerprint density at radius 1 is 0.774 bits per heavy atom. The van der Waals surface area contributed by atoms with Gasteiger partial charge in [-0.3, -0.25) is 0 Å². The summed E-state index contributed by atoms with van der Waals surface area (Å²) in [5, 5.41) is 1.97. The summed E-state index contributed by atoms with van der Waals surface area (Å²) in [6, 6.07) is 29.1. The lowest BCUT2D eigenvalue weighted by atomic mass is 10.1. The number of ether oxygens (including phenoxy) is 1. The van der Waals surface area contributed by atoms with Crippen molar-refractivity contribution in [1.29, 1.82) is 0 Å². The van der Waals surface area contributed by atoms with E-state index in [9.17, 15) is 4.79 Å². The second kappa shape index (κ2) is 10.5. The zero-order chi connectivity index (χ0) is 22.1. The molecule has 0 fully saturated rings. The highest BCUT2D eigenvalue weighted by Crippen LogP contribution is 2.25. The zero-order valence-electron chi connectivity index (χ0n) is 17.1. The molecule has 0 aliphatic heterocycles. The van der Waals surface area contributed by atoms with Gasteiger partial charge in [-0.1, -0.05) is 97.6 Å². The normalized spacial score (nSPS) is 10.3. The van der Waals surface area contributed by atoms with E-state index >= 15 is 0 Å². The van der Waals surface area contributed by atoms with Crippen molar-refractivity contribution >= 4 is 40.3 Å². The van der Waals surface area contributed by atoms with E-state index in [0.29, 0.717) is 17.1 Å². The minimum absolute atomic E-state index is 0.439. The Labute approximate surface area is 182 Å². The van der Waals surface area contributed by atoms with Gasteiger partial charge in [0.15, 0.2) is 0 Å². The van der Waals surface area contributed by atoms with Crippen molar-refractivity contribution in [1.82, 2.24) is 0 Å². The van der Waals surface area contributed by atoms with Crippen LogP contribution in [0, 0.1) is 0 Å². The van der Waals surface area contributed by atoms with E-state index in [2.05, 4.69) is 6.58 Å². The standard InChI is InChI=1S/C14H14N2.C13H10O2/c15-13-8-4-7-12(14(13)16)10-9-11-5-2-1-3-6-11;1-2-13(14)15-12-9-5-7-10-6-3-4-8-11(10)12/h1-10H,15-16H2;2-9H,1H2. The Morgan fingerprint density at radius 2 is 1.45 bits per heavy atom. The fraction of sp³-hybridized carbons (Fsp3) is 0. The molecule has 0 spiro atoms. The van der Waals surface area contributed by atoms with E-state index in [4.69, 9.17) is 16.2 Å². The number of hydrogen-bond acceptors (Lipinski definition) is 4. The lowest BCUT2D eigenvalue weighted by molar-refractivity contribution is -0.128. The molecule has 4 aromatic rings. The average Bonchev–Trinajstić information content (AvgIpc) is 2.81. The second-order valence-corrected chi connectivity index (χ2v) is 6.70. The van der Waals surface area contributed by atoms with Crippen LogP contribution in [0.3, 0.4) is 0 Å². The predicted molar refractivity (Wildman–Crippen MR) is 130 cm³/mol. The maximum Gasteiger partial charge on any atom is 0.335 e. The molecule has 0 saturated heterocycles. The third-order valence-electron chi connectivity index (χ3n) is 4.56. The molecule has 0 radical (unpaired) electrons. The minimum atomic E-state index is -0.439. The number of anilines is 2. The third-order valence-corrected chi connectivity index (χ3v) is 4.56. The number of nitrogen functional groups attached to an aromatic ring is 2. The third kappa shape index (κ3) is 5.84. The Kier molecular flexibility index (Phi) is 7.22. The molecule has 31 heavy (non-hydrogen) atoms. The van der Waals surface area contributed by atoms with Crippen molar-refractivity contribution in [2.24, 2.45) is 0 Å². The highest BCUT2D eigenvalue weighted by molar-refractivity contribution is 5.92. The molecular formula is C27H24N2O2. The smallest absolute Gasteiger partial charge is 0.335 e. The number of rotatable bonds is 4. The lowest BCUT2D eigenvalue weighted by Gasteiger charge is -2.05. The lowest BCUT2D eigenvalue weighted by Crippen LogP contribution is -2.03. The Morgan fingerprint density at radius 3 is 2.23 bits per heavy atom. The molecule has 0 heterocycles. The number of esters is 1. The van der Waals surface area contributed by atoms with Gasteiger partial charge < -0.3 is 16.2 Å². The van der Waals surface area contributed by atoms with Crippen LogP contribution in [0.25, 0.3) is 22.9 Å². The molecule has 4 aromatic carbocycles. The first kappa shape index (κ1) is 21.4. The van der Waals surface area contributed by atoms with Crippen LogP contribution in [0.15, 0.2) is 104 Å². The van der Waals surface area contributed by atoms with Gasteiger partial charge in [0.2, 0.25) is 0 Å². The topological polar surface area (TPSA) is 78.3 Å². The van der Waals surface area contributed by atoms with Crippen LogP contribution in [0.2, 0.25) is 0 Å². The molecule has 0 aliphatic carbocycles. The molecule has 0 bridgehead atoms. The number of nitrogens with two attached hydrogens (primary N) is 2. The summed E-state index contributed by atoms with van der Waals surface area (Å²) >= 11 is 0. The van der Waals surface area contributed by atoms with E-state index in [0.717, 1.165) is 28.0 Å². The largest absolute Gasteiger partial charge is 0.423 e. The number of para-hydroxylation sites is 1. The fourth-order valence-corrected chi connectivity index (χ4v) is 2.93. The highest BCUT2D eigenvalue weighted by Gasteiger charge is 2.03. The van der Waals surface area contributed by atoms with Crippen LogP contribution in [-0.4, -0.2) is 5.97 Å². The average molecular weight is 409 g/mol. The number of carbonyl (C=O) groups is 1. The molecule has 154 valence electrons. The fourth-order valence-electron chi connectivity index (χ4n) is 2.93. The molecule has 4 nitrogen and oxygen atoms in total. The van der Waals surface area contributed by atoms with Gasteiger partial charge in [0, 0.05) is 11.5 Å². The van der Waals surface area contributed by atoms with Crippen molar-refractivity contribution in [2.45, 2.75) is 0 Å². The van der Waals surface area contributed by atoms with Crippen LogP contribution in [0.1, 0.15) is 11.1 Å². The summed E-state index contributed by atoms with van der Waals surface area (Å²) < 4.78 is 5.12. The van der Waals surface area contributed by atoms with Gasteiger partial charge >= 0.3 is 5.97 Å². The Balaban J connectivity index is 0.000000176. The first-order valence-electron chi connectivity index (χ1n) is 9.77. The molecule has 4 N–H and O–H groups in total. The van der Waals surface area contributed by atoms with Crippen molar-refractivity contribution in [3.05, 3.63) is 115 Å². The first-order chi connectivity index (χ1) is 15.1. The number of carbonyl (C=O) groups excluding carboxylic acids is 1. The summed E-state index contributed by atoms with van der Waals surface area (Å²) in [7, 11) is 0. The van der Waals surface area contributed by atoms with E-state index in [1.54, 1.807) is 12.1 Å². The van der Waals surface area contributed by atoms with Crippen LogP contribution in [0.5, 0.6) is 5.75 Å². The van der Waals surface area contributed by atoms with Crippen LogP contribution in [0.4, 0.5) is 11.4 Å². The summed E-state index contributed by atoms with van der Waals surface area (Å²) in [5.41, 5.74) is 14.9. The molecule has 4 rings (SSSR count). The van der Waals surface area contributed by atoms with Crippen LogP contribution >= 0.6 is 0 Å². The van der Waals surface area contributed by atoms with Gasteiger partial charge in [0.25, 0.3) is 0 Å². The summed E-state index contributed by atoms with van der Waals surface area (Å²) in [6.07, 6.45) is 5.15. The highest BCUT2D eigenvalue weighted by atomic mass is 16.5. The molecule has 0 aromatic heterocycles. The van der Waals surface area contributed by atoms with Crippen molar-refractivity contribution in [2.75, 3.05) is 11.5 Å². The number of benzene rings is 4. The van der Waals surface area contributed by atoms with Gasteiger partial charge in [-0.15, -0.1) is 0 Å². The van der Waals surface area contributed by atoms with E-state index in [-0.39, 0.29) is 0 Å². The molecular weight excluding hydrogens is 384 g/mol. The molecule has 0 atom stereocenters. The Bertz CT molecular complexity index is 1210. The quantitative estimate of drug-likeness (QED) is 0.144. The molecule has 0 saturated carbocycles.